The lowest BCUT2D eigenvalue weighted by molar-refractivity contribution is 0.280. The number of hydrogen-bond donors (Lipinski definition) is 2. The summed E-state index contributed by atoms with van der Waals surface area (Å²) in [6.07, 6.45) is 5.06. The van der Waals surface area contributed by atoms with Gasteiger partial charge in [0.15, 0.2) is 5.82 Å². The summed E-state index contributed by atoms with van der Waals surface area (Å²) in [6.45, 7) is 4.58. The van der Waals surface area contributed by atoms with E-state index in [4.69, 9.17) is 17.3 Å². The van der Waals surface area contributed by atoms with Crippen molar-refractivity contribution in [3.8, 4) is 0 Å². The van der Waals surface area contributed by atoms with Crippen LogP contribution in [0, 0.1) is 11.8 Å². The molecule has 17 heavy (non-hydrogen) atoms. The van der Waals surface area contributed by atoms with Crippen molar-refractivity contribution in [2.45, 2.75) is 39.2 Å². The fourth-order valence-electron chi connectivity index (χ4n) is 2.74. The van der Waals surface area contributed by atoms with Gasteiger partial charge in [-0.05, 0) is 31.1 Å². The smallest absolute Gasteiger partial charge is 0.150 e. The van der Waals surface area contributed by atoms with Crippen molar-refractivity contribution in [3.05, 3.63) is 11.3 Å². The molecule has 0 saturated heterocycles. The van der Waals surface area contributed by atoms with Gasteiger partial charge in [-0.15, -0.1) is 0 Å². The third-order valence-electron chi connectivity index (χ3n) is 3.34. The number of nitrogen functional groups attached to an aromatic ring is 1. The van der Waals surface area contributed by atoms with E-state index >= 15 is 0 Å². The second-order valence-electron chi connectivity index (χ2n) is 5.18. The number of nitrogens with two attached hydrogens (primary N) is 1. The molecule has 5 heteroatoms. The predicted octanol–water partition coefficient (Wildman–Crippen LogP) is 2.95. The molecule has 0 bridgehead atoms. The summed E-state index contributed by atoms with van der Waals surface area (Å²) >= 11 is 6.07. The second-order valence-corrected chi connectivity index (χ2v) is 5.56. The van der Waals surface area contributed by atoms with Crippen molar-refractivity contribution in [2.24, 2.45) is 11.8 Å². The molecule has 3 N–H and O–H groups in total. The zero-order valence-electron chi connectivity index (χ0n) is 10.3. The zero-order valence-corrected chi connectivity index (χ0v) is 11.0. The molecule has 0 amide bonds. The number of rotatable bonds is 2. The van der Waals surface area contributed by atoms with E-state index in [1.807, 2.05) is 0 Å². The molecule has 2 rings (SSSR count). The van der Waals surface area contributed by atoms with Gasteiger partial charge in [-0.3, -0.25) is 0 Å². The highest BCUT2D eigenvalue weighted by Gasteiger charge is 2.24. The van der Waals surface area contributed by atoms with Crippen LogP contribution in [0.4, 0.5) is 11.6 Å². The SMILES string of the molecule is CC1CC(C)CC(Nc2ncnc(N)c2Cl)C1. The van der Waals surface area contributed by atoms with Crippen LogP contribution in [0.2, 0.25) is 5.02 Å². The Kier molecular flexibility index (Phi) is 3.72. The number of hydrogen-bond acceptors (Lipinski definition) is 4. The van der Waals surface area contributed by atoms with E-state index < -0.39 is 0 Å². The molecule has 1 aromatic heterocycles. The van der Waals surface area contributed by atoms with Gasteiger partial charge in [0.1, 0.15) is 17.2 Å². The van der Waals surface area contributed by atoms with Gasteiger partial charge in [0.05, 0.1) is 0 Å². The lowest BCUT2D eigenvalue weighted by Crippen LogP contribution is -2.30. The zero-order chi connectivity index (χ0) is 12.4. The predicted molar refractivity (Wildman–Crippen MR) is 71.0 cm³/mol. The summed E-state index contributed by atoms with van der Waals surface area (Å²) in [6, 6.07) is 0.431. The van der Waals surface area contributed by atoms with Crippen LogP contribution in [-0.2, 0) is 0 Å². The minimum atomic E-state index is 0.334. The van der Waals surface area contributed by atoms with Crippen LogP contribution in [0.15, 0.2) is 6.33 Å². The molecule has 2 atom stereocenters. The third kappa shape index (κ3) is 3.00. The van der Waals surface area contributed by atoms with Gasteiger partial charge in [0.25, 0.3) is 0 Å². The highest BCUT2D eigenvalue weighted by Crippen LogP contribution is 2.32. The van der Waals surface area contributed by atoms with Crippen LogP contribution in [-0.4, -0.2) is 16.0 Å². The van der Waals surface area contributed by atoms with E-state index in [9.17, 15) is 0 Å². The second kappa shape index (κ2) is 5.08. The van der Waals surface area contributed by atoms with E-state index in [1.54, 1.807) is 0 Å². The number of anilines is 2. The molecule has 0 aromatic carbocycles. The Hall–Kier alpha value is -1.03. The van der Waals surface area contributed by atoms with Crippen LogP contribution in [0.3, 0.4) is 0 Å². The van der Waals surface area contributed by atoms with E-state index in [-0.39, 0.29) is 0 Å². The van der Waals surface area contributed by atoms with Crippen LogP contribution in [0.25, 0.3) is 0 Å². The summed E-state index contributed by atoms with van der Waals surface area (Å²) in [7, 11) is 0. The average molecular weight is 255 g/mol. The van der Waals surface area contributed by atoms with Crippen LogP contribution < -0.4 is 11.1 Å². The molecule has 1 aliphatic carbocycles. The number of aromatic nitrogens is 2. The van der Waals surface area contributed by atoms with E-state index in [0.29, 0.717) is 22.7 Å². The Bertz CT molecular complexity index is 386. The third-order valence-corrected chi connectivity index (χ3v) is 3.71. The van der Waals surface area contributed by atoms with Crippen LogP contribution >= 0.6 is 11.6 Å². The molecule has 1 fully saturated rings. The van der Waals surface area contributed by atoms with Gasteiger partial charge in [-0.2, -0.15) is 0 Å². The first-order chi connectivity index (χ1) is 8.06. The Labute approximate surface area is 107 Å². The standard InChI is InChI=1S/C12H19ClN4/c1-7-3-8(2)5-9(4-7)17-12-10(13)11(14)15-6-16-12/h6-9H,3-5H2,1-2H3,(H3,14,15,16,17). The molecule has 94 valence electrons. The van der Waals surface area contributed by atoms with Gasteiger partial charge >= 0.3 is 0 Å². The monoisotopic (exact) mass is 254 g/mol. The van der Waals surface area contributed by atoms with E-state index in [1.165, 1.54) is 12.7 Å². The largest absolute Gasteiger partial charge is 0.382 e. The van der Waals surface area contributed by atoms with Crippen LogP contribution in [0.5, 0.6) is 0 Å². The van der Waals surface area contributed by atoms with Crippen molar-refractivity contribution in [3.63, 3.8) is 0 Å². The summed E-state index contributed by atoms with van der Waals surface area (Å²) in [5.74, 6) is 2.48. The lowest BCUT2D eigenvalue weighted by atomic mass is 9.80. The summed E-state index contributed by atoms with van der Waals surface area (Å²) in [5.41, 5.74) is 5.66. The lowest BCUT2D eigenvalue weighted by Gasteiger charge is -2.32. The highest BCUT2D eigenvalue weighted by molar-refractivity contribution is 6.35. The van der Waals surface area contributed by atoms with Crippen molar-refractivity contribution in [1.82, 2.24) is 9.97 Å². The van der Waals surface area contributed by atoms with Gasteiger partial charge in [0, 0.05) is 6.04 Å². The van der Waals surface area contributed by atoms with Gasteiger partial charge in [-0.1, -0.05) is 25.4 Å². The van der Waals surface area contributed by atoms with Crippen molar-refractivity contribution >= 4 is 23.2 Å². The minimum Gasteiger partial charge on any atom is -0.382 e. The van der Waals surface area contributed by atoms with Crippen LogP contribution in [0.1, 0.15) is 33.1 Å². The number of nitrogens with one attached hydrogen (secondary N) is 1. The average Bonchev–Trinajstić information content (AvgIpc) is 2.23. The first-order valence-corrected chi connectivity index (χ1v) is 6.46. The molecule has 0 spiro atoms. The van der Waals surface area contributed by atoms with Crippen molar-refractivity contribution < 1.29 is 0 Å². The maximum atomic E-state index is 6.07. The molecule has 1 heterocycles. The van der Waals surface area contributed by atoms with Gasteiger partial charge in [0.2, 0.25) is 0 Å². The maximum Gasteiger partial charge on any atom is 0.150 e. The Morgan fingerprint density at radius 1 is 1.24 bits per heavy atom. The van der Waals surface area contributed by atoms with E-state index in [2.05, 4.69) is 29.1 Å². The minimum absolute atomic E-state index is 0.334. The molecule has 1 aromatic rings. The Balaban J connectivity index is 2.07. The molecule has 4 nitrogen and oxygen atoms in total. The Morgan fingerprint density at radius 2 is 1.88 bits per heavy atom. The molecule has 1 aliphatic rings. The number of halogens is 1. The Morgan fingerprint density at radius 3 is 2.53 bits per heavy atom. The molecule has 0 aliphatic heterocycles. The highest BCUT2D eigenvalue weighted by atomic mass is 35.5. The normalized spacial score (nSPS) is 29.0. The van der Waals surface area contributed by atoms with E-state index in [0.717, 1.165) is 24.7 Å². The molecular formula is C12H19ClN4. The fourth-order valence-corrected chi connectivity index (χ4v) is 2.89. The molecule has 2 unspecified atom stereocenters. The number of nitrogens with zero attached hydrogens (tertiary/aromatic N) is 2. The quantitative estimate of drug-likeness (QED) is 0.852. The summed E-state index contributed by atoms with van der Waals surface area (Å²) < 4.78 is 0. The van der Waals surface area contributed by atoms with Crippen molar-refractivity contribution in [2.75, 3.05) is 11.1 Å². The van der Waals surface area contributed by atoms with Gasteiger partial charge in [-0.25, -0.2) is 9.97 Å². The first kappa shape index (κ1) is 12.4. The van der Waals surface area contributed by atoms with Crippen molar-refractivity contribution in [1.29, 1.82) is 0 Å². The molecular weight excluding hydrogens is 236 g/mol. The van der Waals surface area contributed by atoms with Gasteiger partial charge < -0.3 is 11.1 Å². The first-order valence-electron chi connectivity index (χ1n) is 6.08. The molecule has 0 radical (unpaired) electrons. The summed E-state index contributed by atoms with van der Waals surface area (Å²) in [4.78, 5) is 8.01. The molecule has 1 saturated carbocycles. The fraction of sp³-hybridized carbons (Fsp3) is 0.667. The maximum absolute atomic E-state index is 6.07. The summed E-state index contributed by atoms with van der Waals surface area (Å²) in [5, 5.41) is 3.82. The topological polar surface area (TPSA) is 63.8 Å².